The number of hydrogen-bond acceptors (Lipinski definition) is 3. The molecule has 1 aromatic rings. The van der Waals surface area contributed by atoms with E-state index in [1.54, 1.807) is 0 Å². The molecule has 0 heterocycles. The topological polar surface area (TPSA) is 55.4 Å². The highest BCUT2D eigenvalue weighted by molar-refractivity contribution is 7.89. The average Bonchev–Trinajstić information content (AvgIpc) is 2.95. The quantitative estimate of drug-likeness (QED) is 0.723. The first-order valence-corrected chi connectivity index (χ1v) is 10.5. The molecule has 0 bridgehead atoms. The van der Waals surface area contributed by atoms with Gasteiger partial charge in [0.2, 0.25) is 10.0 Å². The minimum Gasteiger partial charge on any atom is -0.381 e. The van der Waals surface area contributed by atoms with Gasteiger partial charge in [0, 0.05) is 6.61 Å². The van der Waals surface area contributed by atoms with Crippen molar-refractivity contribution in [2.24, 2.45) is 5.41 Å². The summed E-state index contributed by atoms with van der Waals surface area (Å²) in [6.45, 7) is 7.45. The van der Waals surface area contributed by atoms with E-state index in [9.17, 15) is 8.42 Å². The summed E-state index contributed by atoms with van der Waals surface area (Å²) in [7, 11) is -3.32. The van der Waals surface area contributed by atoms with Crippen molar-refractivity contribution in [1.29, 1.82) is 0 Å². The highest BCUT2D eigenvalue weighted by atomic mass is 32.2. The van der Waals surface area contributed by atoms with E-state index in [-0.39, 0.29) is 11.2 Å². The fourth-order valence-electron chi connectivity index (χ4n) is 3.26. The maximum Gasteiger partial charge on any atom is 0.212 e. The average molecular weight is 354 g/mol. The smallest absolute Gasteiger partial charge is 0.212 e. The van der Waals surface area contributed by atoms with E-state index in [1.165, 1.54) is 0 Å². The predicted octanol–water partition coefficient (Wildman–Crippen LogP) is 3.83. The molecule has 4 nitrogen and oxygen atoms in total. The summed E-state index contributed by atoms with van der Waals surface area (Å²) in [5, 5.41) is 0. The van der Waals surface area contributed by atoms with Crippen molar-refractivity contribution < 1.29 is 13.2 Å². The van der Waals surface area contributed by atoms with E-state index in [2.05, 4.69) is 25.5 Å². The zero-order valence-corrected chi connectivity index (χ0v) is 16.0. The molecule has 1 saturated carbocycles. The predicted molar refractivity (Wildman–Crippen MR) is 98.4 cm³/mol. The van der Waals surface area contributed by atoms with E-state index in [0.29, 0.717) is 19.6 Å². The van der Waals surface area contributed by atoms with Crippen molar-refractivity contribution in [2.45, 2.75) is 58.4 Å². The van der Waals surface area contributed by atoms with Crippen molar-refractivity contribution in [3.05, 3.63) is 35.9 Å². The molecule has 1 aromatic carbocycles. The van der Waals surface area contributed by atoms with Crippen LogP contribution in [0.15, 0.2) is 30.3 Å². The Balaban J connectivity index is 1.92. The number of rotatable bonds is 8. The first-order valence-electron chi connectivity index (χ1n) is 8.87. The van der Waals surface area contributed by atoms with Gasteiger partial charge in [0.15, 0.2) is 0 Å². The zero-order chi connectivity index (χ0) is 17.7. The molecule has 5 heteroatoms. The second-order valence-electron chi connectivity index (χ2n) is 8.04. The summed E-state index contributed by atoms with van der Waals surface area (Å²) in [4.78, 5) is 0. The normalized spacial score (nSPS) is 18.0. The van der Waals surface area contributed by atoms with Gasteiger partial charge in [-0.1, -0.05) is 63.9 Å². The van der Waals surface area contributed by atoms with Crippen molar-refractivity contribution >= 4 is 10.0 Å². The lowest BCUT2D eigenvalue weighted by Gasteiger charge is -2.30. The SMILES string of the molecule is CC(C)(C)COCCCS(=O)(=O)NC1(c2ccccc2)CCCC1. The molecule has 2 rings (SSSR count). The van der Waals surface area contributed by atoms with Gasteiger partial charge in [-0.15, -0.1) is 0 Å². The van der Waals surface area contributed by atoms with Crippen LogP contribution in [-0.2, 0) is 20.3 Å². The molecule has 24 heavy (non-hydrogen) atoms. The number of sulfonamides is 1. The van der Waals surface area contributed by atoms with Gasteiger partial charge in [-0.3, -0.25) is 0 Å². The van der Waals surface area contributed by atoms with Crippen LogP contribution in [0.2, 0.25) is 0 Å². The van der Waals surface area contributed by atoms with Crippen LogP contribution in [-0.4, -0.2) is 27.4 Å². The van der Waals surface area contributed by atoms with Crippen LogP contribution in [0.3, 0.4) is 0 Å². The van der Waals surface area contributed by atoms with Gasteiger partial charge >= 0.3 is 0 Å². The fraction of sp³-hybridized carbons (Fsp3) is 0.684. The first kappa shape index (κ1) is 19.4. The Morgan fingerprint density at radius 1 is 1.12 bits per heavy atom. The van der Waals surface area contributed by atoms with E-state index in [0.717, 1.165) is 31.2 Å². The Morgan fingerprint density at radius 3 is 2.33 bits per heavy atom. The third kappa shape index (κ3) is 5.87. The first-order chi connectivity index (χ1) is 11.2. The number of ether oxygens (including phenoxy) is 1. The molecule has 0 spiro atoms. The Kier molecular flexibility index (Phi) is 6.46. The number of hydrogen-bond donors (Lipinski definition) is 1. The third-order valence-electron chi connectivity index (χ3n) is 4.37. The van der Waals surface area contributed by atoms with Crippen molar-refractivity contribution in [3.63, 3.8) is 0 Å². The minimum atomic E-state index is -3.32. The molecule has 1 aliphatic rings. The van der Waals surface area contributed by atoms with Gasteiger partial charge in [0.05, 0.1) is 17.9 Å². The van der Waals surface area contributed by atoms with Gasteiger partial charge in [0.1, 0.15) is 0 Å². The summed E-state index contributed by atoms with van der Waals surface area (Å²) in [5.74, 6) is 0.117. The van der Waals surface area contributed by atoms with Gasteiger partial charge < -0.3 is 4.74 Å². The molecule has 0 unspecified atom stereocenters. The van der Waals surface area contributed by atoms with E-state index in [4.69, 9.17) is 4.74 Å². The Hall–Kier alpha value is -0.910. The van der Waals surface area contributed by atoms with Crippen LogP contribution in [0.5, 0.6) is 0 Å². The summed E-state index contributed by atoms with van der Waals surface area (Å²) in [5.41, 5.74) is 0.764. The van der Waals surface area contributed by atoms with Crippen LogP contribution < -0.4 is 4.72 Å². The molecular weight excluding hydrogens is 322 g/mol. The van der Waals surface area contributed by atoms with Gasteiger partial charge in [-0.25, -0.2) is 13.1 Å². The zero-order valence-electron chi connectivity index (χ0n) is 15.2. The highest BCUT2D eigenvalue weighted by Crippen LogP contribution is 2.39. The molecule has 1 fully saturated rings. The molecule has 0 atom stereocenters. The lowest BCUT2D eigenvalue weighted by Crippen LogP contribution is -2.44. The molecule has 1 aliphatic carbocycles. The van der Waals surface area contributed by atoms with Gasteiger partial charge in [-0.05, 0) is 30.2 Å². The third-order valence-corrected chi connectivity index (χ3v) is 5.90. The monoisotopic (exact) mass is 353 g/mol. The Morgan fingerprint density at radius 2 is 1.75 bits per heavy atom. The van der Waals surface area contributed by atoms with E-state index in [1.807, 2.05) is 30.3 Å². The minimum absolute atomic E-state index is 0.109. The van der Waals surface area contributed by atoms with Crippen LogP contribution in [0.25, 0.3) is 0 Å². The Bertz CT molecular complexity index is 599. The highest BCUT2D eigenvalue weighted by Gasteiger charge is 2.38. The standard InChI is InChI=1S/C19H31NO3S/c1-18(2,3)16-23-14-9-15-24(21,22)20-19(12-7-8-13-19)17-10-5-4-6-11-17/h4-6,10-11,20H,7-9,12-16H2,1-3H3. The summed E-state index contributed by atoms with van der Waals surface area (Å²) >= 11 is 0. The fourth-order valence-corrected chi connectivity index (χ4v) is 4.78. The van der Waals surface area contributed by atoms with Crippen molar-refractivity contribution in [2.75, 3.05) is 19.0 Å². The summed E-state index contributed by atoms with van der Waals surface area (Å²) < 4.78 is 33.7. The molecule has 0 aliphatic heterocycles. The van der Waals surface area contributed by atoms with Gasteiger partial charge in [0.25, 0.3) is 0 Å². The largest absolute Gasteiger partial charge is 0.381 e. The number of benzene rings is 1. The number of nitrogens with one attached hydrogen (secondary N) is 1. The second-order valence-corrected chi connectivity index (χ2v) is 9.88. The summed E-state index contributed by atoms with van der Waals surface area (Å²) in [6, 6.07) is 9.97. The van der Waals surface area contributed by atoms with E-state index >= 15 is 0 Å². The van der Waals surface area contributed by atoms with Crippen molar-refractivity contribution in [3.8, 4) is 0 Å². The molecule has 0 saturated heterocycles. The second kappa shape index (κ2) is 7.98. The van der Waals surface area contributed by atoms with Crippen molar-refractivity contribution in [1.82, 2.24) is 4.72 Å². The molecule has 136 valence electrons. The lowest BCUT2D eigenvalue weighted by molar-refractivity contribution is 0.0720. The maximum atomic E-state index is 12.6. The van der Waals surface area contributed by atoms with Crippen LogP contribution >= 0.6 is 0 Å². The lowest BCUT2D eigenvalue weighted by atomic mass is 9.89. The van der Waals surface area contributed by atoms with Gasteiger partial charge in [-0.2, -0.15) is 0 Å². The van der Waals surface area contributed by atoms with Crippen LogP contribution in [0.4, 0.5) is 0 Å². The van der Waals surface area contributed by atoms with E-state index < -0.39 is 15.6 Å². The molecule has 0 aromatic heterocycles. The van der Waals surface area contributed by atoms with Crippen LogP contribution in [0.1, 0.15) is 58.4 Å². The maximum absolute atomic E-state index is 12.6. The molecule has 1 N–H and O–H groups in total. The molecule has 0 radical (unpaired) electrons. The molecule has 0 amide bonds. The van der Waals surface area contributed by atoms with Crippen LogP contribution in [0, 0.1) is 5.41 Å². The molecular formula is C19H31NO3S. The summed E-state index contributed by atoms with van der Waals surface area (Å²) in [6.07, 6.45) is 4.39. The Labute approximate surface area is 147 Å².